The number of esters is 2. The second-order valence-corrected chi connectivity index (χ2v) is 31.3. The van der Waals surface area contributed by atoms with Crippen LogP contribution in [0.4, 0.5) is 0 Å². The van der Waals surface area contributed by atoms with E-state index >= 15 is 0 Å². The van der Waals surface area contributed by atoms with Gasteiger partial charge in [0, 0.05) is 38.5 Å². The van der Waals surface area contributed by atoms with Crippen molar-refractivity contribution in [3.63, 3.8) is 0 Å². The summed E-state index contributed by atoms with van der Waals surface area (Å²) >= 11 is 0. The Morgan fingerprint density at radius 2 is 0.881 bits per heavy atom. The van der Waals surface area contributed by atoms with Crippen LogP contribution < -0.4 is 10.6 Å². The zero-order valence-electron chi connectivity index (χ0n) is 54.0. The summed E-state index contributed by atoms with van der Waals surface area (Å²) in [7, 11) is 0. The molecule has 0 aromatic heterocycles. The minimum absolute atomic E-state index is 0.127. The van der Waals surface area contributed by atoms with Gasteiger partial charge in [-0.15, -0.1) is 0 Å². The normalized spacial score (nSPS) is 35.5. The van der Waals surface area contributed by atoms with Gasteiger partial charge in [0.05, 0.1) is 0 Å². The summed E-state index contributed by atoms with van der Waals surface area (Å²) in [6, 6.07) is 17.7. The van der Waals surface area contributed by atoms with E-state index in [1.807, 2.05) is 60.7 Å². The summed E-state index contributed by atoms with van der Waals surface area (Å²) in [4.78, 5) is 56.5. The Bertz CT molecular complexity index is 2460. The van der Waals surface area contributed by atoms with E-state index in [-0.39, 0.29) is 48.7 Å². The first-order valence-electron chi connectivity index (χ1n) is 34.6. The van der Waals surface area contributed by atoms with Crippen molar-refractivity contribution in [2.45, 2.75) is 260 Å². The first kappa shape index (κ1) is 62.8. The van der Waals surface area contributed by atoms with Gasteiger partial charge in [0.15, 0.2) is 0 Å². The molecule has 2 amide bonds. The van der Waals surface area contributed by atoms with E-state index in [1.54, 1.807) is 0 Å². The van der Waals surface area contributed by atoms with Crippen LogP contribution in [0.3, 0.4) is 0 Å². The third-order valence-electron chi connectivity index (χ3n) is 25.5. The lowest BCUT2D eigenvalue weighted by molar-refractivity contribution is -0.156. The van der Waals surface area contributed by atoms with Gasteiger partial charge in [0.2, 0.25) is 11.8 Å². The van der Waals surface area contributed by atoms with Gasteiger partial charge in [-0.25, -0.2) is 9.59 Å². The number of benzene rings is 2. The van der Waals surface area contributed by atoms with Crippen LogP contribution in [0.5, 0.6) is 0 Å². The first-order chi connectivity index (χ1) is 40.2. The summed E-state index contributed by atoms with van der Waals surface area (Å²) in [5.74, 6) is 7.54. The summed E-state index contributed by atoms with van der Waals surface area (Å²) in [6.45, 7) is 24.9. The van der Waals surface area contributed by atoms with Crippen LogP contribution in [0.25, 0.3) is 0 Å². The van der Waals surface area contributed by atoms with Crippen LogP contribution in [0.2, 0.25) is 0 Å². The number of fused-ring (bicyclic) bond motifs is 10. The second-order valence-electron chi connectivity index (χ2n) is 31.3. The monoisotopic (exact) mass is 1150 g/mol. The molecule has 8 heteroatoms. The van der Waals surface area contributed by atoms with Gasteiger partial charge >= 0.3 is 11.9 Å². The van der Waals surface area contributed by atoms with Gasteiger partial charge in [0.25, 0.3) is 0 Å². The summed E-state index contributed by atoms with van der Waals surface area (Å²) in [5, 5.41) is 6.00. The van der Waals surface area contributed by atoms with Gasteiger partial charge in [-0.05, 0) is 194 Å². The molecule has 8 aliphatic carbocycles. The molecule has 6 fully saturated rings. The third-order valence-corrected chi connectivity index (χ3v) is 25.5. The van der Waals surface area contributed by atoms with Gasteiger partial charge in [0.1, 0.15) is 24.3 Å². The maximum atomic E-state index is 14.4. The molecule has 8 nitrogen and oxygen atoms in total. The number of allylic oxidation sites excluding steroid dienone is 2. The summed E-state index contributed by atoms with van der Waals surface area (Å²) in [6.07, 6.45) is 31.2. The van der Waals surface area contributed by atoms with Crippen molar-refractivity contribution in [3.8, 4) is 0 Å². The number of hydrogen-bond donors (Lipinski definition) is 2. The molecule has 0 spiro atoms. The van der Waals surface area contributed by atoms with Crippen LogP contribution >= 0.6 is 0 Å². The van der Waals surface area contributed by atoms with Crippen LogP contribution in [-0.4, -0.2) is 48.0 Å². The van der Waals surface area contributed by atoms with Crippen molar-refractivity contribution in [2.75, 3.05) is 0 Å². The van der Waals surface area contributed by atoms with E-state index in [9.17, 15) is 19.2 Å². The highest BCUT2D eigenvalue weighted by Crippen LogP contribution is 2.69. The van der Waals surface area contributed by atoms with Crippen molar-refractivity contribution in [2.24, 2.45) is 92.7 Å². The molecule has 0 saturated heterocycles. The number of carbonyl (C=O) groups is 4. The molecule has 0 unspecified atom stereocenters. The molecule has 0 heterocycles. The molecule has 6 saturated carbocycles. The van der Waals surface area contributed by atoms with Crippen LogP contribution in [0.1, 0.15) is 234 Å². The Hall–Kier alpha value is -4.20. The molecule has 10 rings (SSSR count). The predicted molar refractivity (Wildman–Crippen MR) is 339 cm³/mol. The highest BCUT2D eigenvalue weighted by atomic mass is 16.5. The molecule has 0 bridgehead atoms. The SMILES string of the molecule is CC(C)CCC[C@@H](C)[C@H]1CC[C@H]2[C@@H]3CC=C4C[C@@H](OC(=O)[C@H](Cc5ccccc5)NC(=O)CCC(=O)N[C@@H](Cc5ccccc5)C(=O)O[C@H]5CC[C@@]6(C)C(=CC[C@H]7[C@@H]8CC[C@H]([C@H](C)CCCC(C)C)[C@@]8(C)CC[C@@H]76)C5)CC[C@]4(C)[C@H]3CC[C@]12C. The van der Waals surface area contributed by atoms with Gasteiger partial charge < -0.3 is 20.1 Å². The standard InChI is InChI=1S/C76H112N2O6/c1-49(2)19-17-21-51(5)61-31-33-63-59-29-27-55-47-57(37-41-73(55,7)65(59)39-43-75(61,63)9)83-71(81)67(45-53-23-13-11-14-24-53)77-69(79)35-36-70(80)78-68(46-54-25-15-12-16-26-54)72(82)84-58-38-42-74(8)56(48-58)28-30-60-64-34-32-62(52(6)22-18-20-50(3)4)76(64,10)44-40-66(60)74/h11-16,23-28,49-52,57-68H,17-22,29-48H2,1-10H3,(H,77,79)(H,78,80)/t51-,52-,57+,58+,59+,60+,61-,62-,63+,64+,65+,66+,67+,68+,73+,74+,75-,76-/m1/s1. The van der Waals surface area contributed by atoms with Crippen molar-refractivity contribution in [1.29, 1.82) is 0 Å². The number of amides is 2. The topological polar surface area (TPSA) is 111 Å². The molecular weight excluding hydrogens is 1040 g/mol. The summed E-state index contributed by atoms with van der Waals surface area (Å²) < 4.78 is 12.9. The molecule has 2 aromatic carbocycles. The fourth-order valence-corrected chi connectivity index (χ4v) is 20.8. The Balaban J connectivity index is 0.730. The molecule has 8 aliphatic rings. The summed E-state index contributed by atoms with van der Waals surface area (Å²) in [5.41, 5.74) is 5.91. The lowest BCUT2D eigenvalue weighted by Crippen LogP contribution is -2.51. The molecule has 0 aliphatic heterocycles. The van der Waals surface area contributed by atoms with Crippen molar-refractivity contribution >= 4 is 23.8 Å². The fourth-order valence-electron chi connectivity index (χ4n) is 20.8. The van der Waals surface area contributed by atoms with Crippen molar-refractivity contribution < 1.29 is 28.7 Å². The van der Waals surface area contributed by atoms with Crippen LogP contribution in [0.15, 0.2) is 84.0 Å². The smallest absolute Gasteiger partial charge is 0.329 e. The average molecular weight is 1150 g/mol. The van der Waals surface area contributed by atoms with Gasteiger partial charge in [-0.2, -0.15) is 0 Å². The minimum atomic E-state index is -0.908. The Morgan fingerprint density at radius 1 is 0.488 bits per heavy atom. The molecule has 2 aromatic rings. The molecule has 2 N–H and O–H groups in total. The Kier molecular flexibility index (Phi) is 19.9. The maximum Gasteiger partial charge on any atom is 0.329 e. The van der Waals surface area contributed by atoms with E-state index in [0.29, 0.717) is 22.7 Å². The van der Waals surface area contributed by atoms with Crippen molar-refractivity contribution in [1.82, 2.24) is 10.6 Å². The van der Waals surface area contributed by atoms with E-state index < -0.39 is 35.8 Å². The average Bonchev–Trinajstić information content (AvgIpc) is 1.37. The number of rotatable bonds is 23. The van der Waals surface area contributed by atoms with E-state index in [0.717, 1.165) is 122 Å². The second kappa shape index (κ2) is 26.6. The number of hydrogen-bond acceptors (Lipinski definition) is 6. The van der Waals surface area contributed by atoms with E-state index in [2.05, 4.69) is 92.0 Å². The van der Waals surface area contributed by atoms with Crippen molar-refractivity contribution in [3.05, 3.63) is 95.1 Å². The lowest BCUT2D eigenvalue weighted by Gasteiger charge is -2.58. The van der Waals surface area contributed by atoms with E-state index in [1.165, 1.54) is 101 Å². The maximum absolute atomic E-state index is 14.4. The Labute approximate surface area is 508 Å². The number of carbonyl (C=O) groups excluding carboxylic acids is 4. The Morgan fingerprint density at radius 3 is 1.26 bits per heavy atom. The molecule has 462 valence electrons. The number of nitrogens with one attached hydrogen (secondary N) is 2. The molecule has 0 radical (unpaired) electrons. The third kappa shape index (κ3) is 13.4. The van der Waals surface area contributed by atoms with E-state index in [4.69, 9.17) is 9.47 Å². The largest absolute Gasteiger partial charge is 0.461 e. The molecule has 18 atom stereocenters. The minimum Gasteiger partial charge on any atom is -0.461 e. The number of ether oxygens (including phenoxy) is 2. The highest BCUT2D eigenvalue weighted by molar-refractivity contribution is 5.89. The lowest BCUT2D eigenvalue weighted by atomic mass is 9.47. The zero-order valence-corrected chi connectivity index (χ0v) is 54.0. The van der Waals surface area contributed by atoms with Crippen LogP contribution in [-0.2, 0) is 41.5 Å². The van der Waals surface area contributed by atoms with Gasteiger partial charge in [-0.3, -0.25) is 9.59 Å². The first-order valence-corrected chi connectivity index (χ1v) is 34.6. The predicted octanol–water partition coefficient (Wildman–Crippen LogP) is 17.1. The zero-order chi connectivity index (χ0) is 59.6. The quantitative estimate of drug-likeness (QED) is 0.0847. The van der Waals surface area contributed by atoms with Gasteiger partial charge in [-0.1, -0.05) is 192 Å². The van der Waals surface area contributed by atoms with Crippen LogP contribution in [0, 0.1) is 92.7 Å². The highest BCUT2D eigenvalue weighted by Gasteiger charge is 2.61. The molecular formula is C76H112N2O6. The molecule has 84 heavy (non-hydrogen) atoms. The fraction of sp³-hybridized carbons (Fsp3) is 0.737.